The Bertz CT molecular complexity index is 1020. The molecule has 1 unspecified atom stereocenters. The molecule has 5 nitrogen and oxygen atoms in total. The number of rotatable bonds is 3. The number of hydrogen-bond donors (Lipinski definition) is 0. The molecule has 3 heterocycles. The van der Waals surface area contributed by atoms with Gasteiger partial charge in [-0.2, -0.15) is 13.2 Å². The van der Waals surface area contributed by atoms with Crippen LogP contribution in [0.2, 0.25) is 0 Å². The highest BCUT2D eigenvalue weighted by Gasteiger charge is 2.31. The molecule has 1 aromatic carbocycles. The lowest BCUT2D eigenvalue weighted by molar-refractivity contribution is -0.137. The summed E-state index contributed by atoms with van der Waals surface area (Å²) in [7, 11) is 0. The van der Waals surface area contributed by atoms with Crippen LogP contribution in [0.5, 0.6) is 0 Å². The third kappa shape index (κ3) is 4.14. The Morgan fingerprint density at radius 2 is 1.83 bits per heavy atom. The zero-order valence-corrected chi connectivity index (χ0v) is 16.6. The molecule has 1 saturated heterocycles. The van der Waals surface area contributed by atoms with Crippen molar-refractivity contribution in [3.63, 3.8) is 0 Å². The standard InChI is InChI=1S/C22H21F3N4O/c1-14-15(2)27-20(17-4-3-9-26-12-17)28-21(14)29-10-11-30-19(13-29)16-5-7-18(8-6-16)22(23,24)25/h3-9,12,19H,10-11,13H2,1-2H3. The van der Waals surface area contributed by atoms with E-state index in [0.29, 0.717) is 31.1 Å². The Labute approximate surface area is 172 Å². The van der Waals surface area contributed by atoms with E-state index in [0.717, 1.165) is 34.8 Å². The van der Waals surface area contributed by atoms with Gasteiger partial charge >= 0.3 is 6.18 Å². The molecule has 1 aliphatic heterocycles. The number of anilines is 1. The van der Waals surface area contributed by atoms with Crippen LogP contribution in [0.25, 0.3) is 11.4 Å². The summed E-state index contributed by atoms with van der Waals surface area (Å²) in [5.74, 6) is 1.40. The lowest BCUT2D eigenvalue weighted by atomic mass is 10.0. The van der Waals surface area contributed by atoms with Crippen molar-refractivity contribution in [2.24, 2.45) is 0 Å². The smallest absolute Gasteiger partial charge is 0.370 e. The van der Waals surface area contributed by atoms with Gasteiger partial charge < -0.3 is 9.64 Å². The first kappa shape index (κ1) is 20.3. The van der Waals surface area contributed by atoms with E-state index in [2.05, 4.69) is 14.9 Å². The van der Waals surface area contributed by atoms with Crippen LogP contribution in [-0.2, 0) is 10.9 Å². The molecular formula is C22H21F3N4O. The maximum absolute atomic E-state index is 12.8. The van der Waals surface area contributed by atoms with Crippen LogP contribution < -0.4 is 4.90 Å². The van der Waals surface area contributed by atoms with Gasteiger partial charge in [0, 0.05) is 42.3 Å². The van der Waals surface area contributed by atoms with Gasteiger partial charge in [0.25, 0.3) is 0 Å². The van der Waals surface area contributed by atoms with E-state index in [9.17, 15) is 13.2 Å². The molecule has 0 saturated carbocycles. The van der Waals surface area contributed by atoms with Crippen molar-refractivity contribution in [3.05, 3.63) is 71.2 Å². The molecule has 1 aliphatic rings. The minimum Gasteiger partial charge on any atom is -0.370 e. The summed E-state index contributed by atoms with van der Waals surface area (Å²) in [5.41, 5.74) is 2.72. The van der Waals surface area contributed by atoms with Gasteiger partial charge in [0.05, 0.1) is 12.2 Å². The summed E-state index contributed by atoms with van der Waals surface area (Å²) in [6.07, 6.45) is -1.27. The number of aromatic nitrogens is 3. The van der Waals surface area contributed by atoms with Crippen molar-refractivity contribution in [1.29, 1.82) is 0 Å². The Balaban J connectivity index is 1.61. The lowest BCUT2D eigenvalue weighted by Gasteiger charge is -2.35. The maximum atomic E-state index is 12.8. The molecule has 0 bridgehead atoms. The molecule has 156 valence electrons. The van der Waals surface area contributed by atoms with E-state index in [4.69, 9.17) is 9.72 Å². The first-order valence-corrected chi connectivity index (χ1v) is 9.62. The van der Waals surface area contributed by atoms with Crippen molar-refractivity contribution >= 4 is 5.82 Å². The molecule has 0 N–H and O–H groups in total. The molecule has 3 aromatic rings. The highest BCUT2D eigenvalue weighted by Crippen LogP contribution is 2.32. The molecule has 0 aliphatic carbocycles. The van der Waals surface area contributed by atoms with E-state index in [1.54, 1.807) is 12.4 Å². The second-order valence-corrected chi connectivity index (χ2v) is 7.25. The summed E-state index contributed by atoms with van der Waals surface area (Å²) in [5, 5.41) is 0. The Kier molecular flexibility index (Phi) is 5.42. The number of morpholine rings is 1. The van der Waals surface area contributed by atoms with Crippen molar-refractivity contribution in [1.82, 2.24) is 15.0 Å². The van der Waals surface area contributed by atoms with Crippen molar-refractivity contribution < 1.29 is 17.9 Å². The summed E-state index contributed by atoms with van der Waals surface area (Å²) < 4.78 is 44.4. The molecule has 0 spiro atoms. The molecule has 1 fully saturated rings. The molecule has 8 heteroatoms. The van der Waals surface area contributed by atoms with Crippen LogP contribution in [0.1, 0.15) is 28.5 Å². The molecule has 2 aromatic heterocycles. The summed E-state index contributed by atoms with van der Waals surface area (Å²) >= 11 is 0. The number of pyridine rings is 1. The summed E-state index contributed by atoms with van der Waals surface area (Å²) in [6, 6.07) is 8.90. The fourth-order valence-corrected chi connectivity index (χ4v) is 3.48. The third-order valence-electron chi connectivity index (χ3n) is 5.26. The van der Waals surface area contributed by atoms with Crippen LogP contribution in [0, 0.1) is 13.8 Å². The van der Waals surface area contributed by atoms with Crippen LogP contribution in [0.4, 0.5) is 19.0 Å². The van der Waals surface area contributed by atoms with Gasteiger partial charge in [-0.05, 0) is 43.7 Å². The Hall–Kier alpha value is -3.00. The molecular weight excluding hydrogens is 393 g/mol. The third-order valence-corrected chi connectivity index (χ3v) is 5.26. The van der Waals surface area contributed by atoms with E-state index >= 15 is 0 Å². The van der Waals surface area contributed by atoms with Gasteiger partial charge in [-0.1, -0.05) is 12.1 Å². The number of halogens is 3. The fourth-order valence-electron chi connectivity index (χ4n) is 3.48. The average Bonchev–Trinajstić information content (AvgIpc) is 2.76. The lowest BCUT2D eigenvalue weighted by Crippen LogP contribution is -2.39. The van der Waals surface area contributed by atoms with E-state index in [1.807, 2.05) is 26.0 Å². The number of hydrogen-bond acceptors (Lipinski definition) is 5. The first-order chi connectivity index (χ1) is 14.3. The fraction of sp³-hybridized carbons (Fsp3) is 0.318. The van der Waals surface area contributed by atoms with Gasteiger partial charge in [0.1, 0.15) is 11.9 Å². The zero-order chi connectivity index (χ0) is 21.3. The van der Waals surface area contributed by atoms with Crippen molar-refractivity contribution in [2.75, 3.05) is 24.6 Å². The molecule has 0 amide bonds. The summed E-state index contributed by atoms with van der Waals surface area (Å²) in [4.78, 5) is 15.6. The topological polar surface area (TPSA) is 51.1 Å². The predicted octanol–water partition coefficient (Wildman–Crippen LogP) is 4.75. The number of alkyl halides is 3. The van der Waals surface area contributed by atoms with Crippen LogP contribution in [0.3, 0.4) is 0 Å². The largest absolute Gasteiger partial charge is 0.416 e. The number of aryl methyl sites for hydroxylation is 1. The number of benzene rings is 1. The SMILES string of the molecule is Cc1nc(-c2cccnc2)nc(N2CCOC(c3ccc(C(F)(F)F)cc3)C2)c1C. The molecule has 1 atom stereocenters. The van der Waals surface area contributed by atoms with Gasteiger partial charge in [-0.25, -0.2) is 9.97 Å². The van der Waals surface area contributed by atoms with Crippen LogP contribution in [-0.4, -0.2) is 34.6 Å². The van der Waals surface area contributed by atoms with Gasteiger partial charge in [-0.3, -0.25) is 4.98 Å². The van der Waals surface area contributed by atoms with E-state index in [1.165, 1.54) is 12.1 Å². The van der Waals surface area contributed by atoms with E-state index in [-0.39, 0.29) is 6.10 Å². The van der Waals surface area contributed by atoms with Gasteiger partial charge in [-0.15, -0.1) is 0 Å². The first-order valence-electron chi connectivity index (χ1n) is 9.62. The maximum Gasteiger partial charge on any atom is 0.416 e. The minimum absolute atomic E-state index is 0.336. The average molecular weight is 414 g/mol. The van der Waals surface area contributed by atoms with Gasteiger partial charge in [0.2, 0.25) is 0 Å². The second-order valence-electron chi connectivity index (χ2n) is 7.25. The second kappa shape index (κ2) is 8.02. The predicted molar refractivity (Wildman–Crippen MR) is 107 cm³/mol. The number of ether oxygens (including phenoxy) is 1. The highest BCUT2D eigenvalue weighted by molar-refractivity contribution is 5.59. The minimum atomic E-state index is -4.35. The summed E-state index contributed by atoms with van der Waals surface area (Å²) in [6.45, 7) is 5.50. The molecule has 30 heavy (non-hydrogen) atoms. The number of nitrogens with zero attached hydrogens (tertiary/aromatic N) is 4. The normalized spacial score (nSPS) is 17.2. The zero-order valence-electron chi connectivity index (χ0n) is 16.6. The Morgan fingerprint density at radius 3 is 2.50 bits per heavy atom. The Morgan fingerprint density at radius 1 is 1.07 bits per heavy atom. The highest BCUT2D eigenvalue weighted by atomic mass is 19.4. The van der Waals surface area contributed by atoms with Crippen molar-refractivity contribution in [2.45, 2.75) is 26.1 Å². The monoisotopic (exact) mass is 414 g/mol. The molecule has 0 radical (unpaired) electrons. The molecule has 4 rings (SSSR count). The van der Waals surface area contributed by atoms with E-state index < -0.39 is 11.7 Å². The quantitative estimate of drug-likeness (QED) is 0.619. The van der Waals surface area contributed by atoms with Crippen LogP contribution >= 0.6 is 0 Å². The van der Waals surface area contributed by atoms with Crippen LogP contribution in [0.15, 0.2) is 48.8 Å². The van der Waals surface area contributed by atoms with Crippen molar-refractivity contribution in [3.8, 4) is 11.4 Å². The van der Waals surface area contributed by atoms with Gasteiger partial charge in [0.15, 0.2) is 5.82 Å².